The number of carbonyl (C=O) groups is 3. The zero-order valence-electron chi connectivity index (χ0n) is 15.8. The van der Waals surface area contributed by atoms with Gasteiger partial charge in [0.2, 0.25) is 5.91 Å². The number of urea groups is 1. The fourth-order valence-electron chi connectivity index (χ4n) is 3.70. The number of ether oxygens (including phenoxy) is 1. The maximum atomic E-state index is 13.0. The van der Waals surface area contributed by atoms with Crippen molar-refractivity contribution in [2.45, 2.75) is 50.4 Å². The summed E-state index contributed by atoms with van der Waals surface area (Å²) >= 11 is 0. The smallest absolute Gasteiger partial charge is 0.419 e. The number of amides is 4. The number of halogens is 3. The van der Waals surface area contributed by atoms with E-state index in [2.05, 4.69) is 16.0 Å². The van der Waals surface area contributed by atoms with E-state index in [-0.39, 0.29) is 30.1 Å². The van der Waals surface area contributed by atoms with Crippen LogP contribution in [0.1, 0.15) is 38.2 Å². The topological polar surface area (TPSA) is 96.5 Å². The highest BCUT2D eigenvalue weighted by molar-refractivity contribution is 6.07. The normalized spacial score (nSPS) is 25.3. The molecule has 1 aliphatic carbocycles. The van der Waals surface area contributed by atoms with Crippen LogP contribution >= 0.6 is 0 Å². The van der Waals surface area contributed by atoms with Crippen LogP contribution in [-0.4, -0.2) is 36.0 Å². The van der Waals surface area contributed by atoms with E-state index in [9.17, 15) is 27.6 Å². The van der Waals surface area contributed by atoms with Crippen molar-refractivity contribution < 1.29 is 32.3 Å². The molecule has 2 fully saturated rings. The lowest BCUT2D eigenvalue weighted by Crippen LogP contribution is -2.51. The summed E-state index contributed by atoms with van der Waals surface area (Å²) in [7, 11) is 0. The van der Waals surface area contributed by atoms with E-state index in [1.807, 2.05) is 0 Å². The first-order valence-electron chi connectivity index (χ1n) is 9.34. The number of carbonyl (C=O) groups excluding carboxylic acids is 3. The highest BCUT2D eigenvalue weighted by atomic mass is 19.4. The second kappa shape index (κ2) is 7.92. The Morgan fingerprint density at radius 2 is 1.93 bits per heavy atom. The van der Waals surface area contributed by atoms with Gasteiger partial charge in [0.15, 0.2) is 0 Å². The third-order valence-electron chi connectivity index (χ3n) is 5.29. The number of hydrogen-bond acceptors (Lipinski definition) is 4. The van der Waals surface area contributed by atoms with Crippen molar-refractivity contribution in [2.75, 3.05) is 6.61 Å². The van der Waals surface area contributed by atoms with Crippen LogP contribution in [0, 0.1) is 5.92 Å². The van der Waals surface area contributed by atoms with Gasteiger partial charge in [0.1, 0.15) is 17.9 Å². The molecular weight excluding hydrogens is 391 g/mol. The van der Waals surface area contributed by atoms with Gasteiger partial charge < -0.3 is 15.4 Å². The van der Waals surface area contributed by atoms with Gasteiger partial charge in [0.25, 0.3) is 5.91 Å². The lowest BCUT2D eigenvalue weighted by atomic mass is 9.76. The van der Waals surface area contributed by atoms with E-state index in [0.29, 0.717) is 25.7 Å². The molecule has 1 aromatic carbocycles. The molecule has 1 atom stereocenters. The van der Waals surface area contributed by atoms with Crippen LogP contribution in [0.4, 0.5) is 18.0 Å². The molecule has 1 aliphatic heterocycles. The van der Waals surface area contributed by atoms with Crippen LogP contribution in [0.25, 0.3) is 0 Å². The molecule has 3 N–H and O–H groups in total. The molecule has 0 aromatic heterocycles. The number of alkyl halides is 3. The Labute approximate surface area is 165 Å². The summed E-state index contributed by atoms with van der Waals surface area (Å²) in [5.41, 5.74) is -1.81. The standard InChI is InChI=1S/C19H22F3N3O4/c1-11(10-29-14-5-3-2-4-13(14)19(20,21)22)23-15(26)12-6-8-18(9-7-12)16(27)24-17(28)25-18/h2-5,11-12H,6-10H2,1H3,(H,23,26)(H2,24,25,27,28). The first kappa shape index (κ1) is 20.9. The molecule has 10 heteroatoms. The maximum Gasteiger partial charge on any atom is 0.419 e. The average molecular weight is 413 g/mol. The van der Waals surface area contributed by atoms with E-state index in [1.54, 1.807) is 6.92 Å². The van der Waals surface area contributed by atoms with Crippen molar-refractivity contribution in [3.05, 3.63) is 29.8 Å². The number of benzene rings is 1. The quantitative estimate of drug-likeness (QED) is 0.646. The molecule has 1 aromatic rings. The first-order valence-corrected chi connectivity index (χ1v) is 9.34. The lowest BCUT2D eigenvalue weighted by Gasteiger charge is -2.34. The number of nitrogens with one attached hydrogen (secondary N) is 3. The Morgan fingerprint density at radius 3 is 2.52 bits per heavy atom. The molecule has 3 rings (SSSR count). The van der Waals surface area contributed by atoms with Gasteiger partial charge in [-0.2, -0.15) is 13.2 Å². The van der Waals surface area contributed by atoms with Gasteiger partial charge in [-0.15, -0.1) is 0 Å². The van der Waals surface area contributed by atoms with Crippen LogP contribution in [0.15, 0.2) is 24.3 Å². The van der Waals surface area contributed by atoms with E-state index in [4.69, 9.17) is 4.74 Å². The molecule has 1 unspecified atom stereocenters. The number of para-hydroxylation sites is 1. The van der Waals surface area contributed by atoms with Crippen LogP contribution in [-0.2, 0) is 15.8 Å². The zero-order chi connectivity index (χ0) is 21.2. The van der Waals surface area contributed by atoms with Crippen molar-refractivity contribution in [1.29, 1.82) is 0 Å². The van der Waals surface area contributed by atoms with Crippen LogP contribution in [0.2, 0.25) is 0 Å². The van der Waals surface area contributed by atoms with Crippen LogP contribution < -0.4 is 20.7 Å². The highest BCUT2D eigenvalue weighted by Crippen LogP contribution is 2.36. The number of rotatable bonds is 5. The average Bonchev–Trinajstić information content (AvgIpc) is 2.92. The third kappa shape index (κ3) is 4.63. The predicted octanol–water partition coefficient (Wildman–Crippen LogP) is 2.36. The van der Waals surface area contributed by atoms with Gasteiger partial charge in [-0.05, 0) is 44.7 Å². The van der Waals surface area contributed by atoms with Gasteiger partial charge in [-0.1, -0.05) is 12.1 Å². The largest absolute Gasteiger partial charge is 0.491 e. The second-order valence-corrected chi connectivity index (χ2v) is 7.48. The first-order chi connectivity index (χ1) is 13.6. The number of hydrogen-bond donors (Lipinski definition) is 3. The maximum absolute atomic E-state index is 13.0. The summed E-state index contributed by atoms with van der Waals surface area (Å²) in [4.78, 5) is 35.8. The van der Waals surface area contributed by atoms with Crippen LogP contribution in [0.5, 0.6) is 5.75 Å². The fourth-order valence-corrected chi connectivity index (χ4v) is 3.70. The minimum absolute atomic E-state index is 0.117. The summed E-state index contributed by atoms with van der Waals surface area (Å²) in [5, 5.41) is 7.59. The SMILES string of the molecule is CC(COc1ccccc1C(F)(F)F)NC(=O)C1CCC2(CC1)NC(=O)NC2=O. The molecule has 7 nitrogen and oxygen atoms in total. The van der Waals surface area contributed by atoms with Crippen molar-refractivity contribution in [3.8, 4) is 5.75 Å². The fraction of sp³-hybridized carbons (Fsp3) is 0.526. The monoisotopic (exact) mass is 413 g/mol. The number of imide groups is 1. The molecular formula is C19H22F3N3O4. The summed E-state index contributed by atoms with van der Waals surface area (Å²) in [6.07, 6.45) is -2.98. The zero-order valence-corrected chi connectivity index (χ0v) is 15.8. The Morgan fingerprint density at radius 1 is 1.28 bits per heavy atom. The van der Waals surface area contributed by atoms with Crippen molar-refractivity contribution in [2.24, 2.45) is 5.92 Å². The molecule has 1 saturated heterocycles. The molecule has 1 heterocycles. The van der Waals surface area contributed by atoms with E-state index >= 15 is 0 Å². The second-order valence-electron chi connectivity index (χ2n) is 7.48. The van der Waals surface area contributed by atoms with E-state index in [0.717, 1.165) is 6.07 Å². The molecule has 1 spiro atoms. The summed E-state index contributed by atoms with van der Waals surface area (Å²) in [5.74, 6) is -1.24. The van der Waals surface area contributed by atoms with Gasteiger partial charge >= 0.3 is 12.2 Å². The van der Waals surface area contributed by atoms with E-state index in [1.165, 1.54) is 18.2 Å². The lowest BCUT2D eigenvalue weighted by molar-refractivity contribution is -0.139. The predicted molar refractivity (Wildman–Crippen MR) is 95.9 cm³/mol. The van der Waals surface area contributed by atoms with E-state index < -0.39 is 29.4 Å². The summed E-state index contributed by atoms with van der Waals surface area (Å²) < 4.78 is 44.3. The van der Waals surface area contributed by atoms with Crippen LogP contribution in [0.3, 0.4) is 0 Å². The minimum atomic E-state index is -4.52. The van der Waals surface area contributed by atoms with Crippen molar-refractivity contribution >= 4 is 17.8 Å². The highest BCUT2D eigenvalue weighted by Gasteiger charge is 2.48. The Balaban J connectivity index is 1.50. The molecule has 2 aliphatic rings. The molecule has 0 radical (unpaired) electrons. The van der Waals surface area contributed by atoms with Gasteiger partial charge in [-0.3, -0.25) is 14.9 Å². The van der Waals surface area contributed by atoms with Gasteiger partial charge in [0.05, 0.1) is 11.6 Å². The molecule has 0 bridgehead atoms. The molecule has 29 heavy (non-hydrogen) atoms. The van der Waals surface area contributed by atoms with Gasteiger partial charge in [-0.25, -0.2) is 4.79 Å². The molecule has 1 saturated carbocycles. The Bertz CT molecular complexity index is 804. The van der Waals surface area contributed by atoms with Crippen molar-refractivity contribution in [3.63, 3.8) is 0 Å². The third-order valence-corrected chi connectivity index (χ3v) is 5.29. The molecule has 158 valence electrons. The Hall–Kier alpha value is -2.78. The summed E-state index contributed by atoms with van der Waals surface area (Å²) in [6, 6.07) is 3.87. The Kier molecular flexibility index (Phi) is 5.72. The van der Waals surface area contributed by atoms with Gasteiger partial charge in [0, 0.05) is 5.92 Å². The molecule has 4 amide bonds. The summed E-state index contributed by atoms with van der Waals surface area (Å²) in [6.45, 7) is 1.52. The van der Waals surface area contributed by atoms with Crippen molar-refractivity contribution in [1.82, 2.24) is 16.0 Å². The minimum Gasteiger partial charge on any atom is -0.491 e.